The zero-order chi connectivity index (χ0) is 12.6. The Labute approximate surface area is 112 Å². The Morgan fingerprint density at radius 1 is 1.29 bits per heavy atom. The van der Waals surface area contributed by atoms with E-state index in [1.54, 1.807) is 24.3 Å². The van der Waals surface area contributed by atoms with Gasteiger partial charge in [-0.2, -0.15) is 0 Å². The van der Waals surface area contributed by atoms with E-state index in [1.807, 2.05) is 6.92 Å². The molecule has 2 nitrogen and oxygen atoms in total. The minimum absolute atomic E-state index is 0.300. The zero-order valence-corrected chi connectivity index (χ0v) is 11.2. The van der Waals surface area contributed by atoms with Crippen LogP contribution in [0.3, 0.4) is 0 Å². The first-order valence-electron chi connectivity index (χ1n) is 4.78. The number of aryl methyl sites for hydroxylation is 1. The SMILES string of the molecule is Cc1cc(C(=O)O)sc1-c1cc(Cl)ccc1Cl. The summed E-state index contributed by atoms with van der Waals surface area (Å²) in [5.41, 5.74) is 1.66. The van der Waals surface area contributed by atoms with Gasteiger partial charge in [0.2, 0.25) is 0 Å². The van der Waals surface area contributed by atoms with Crippen molar-refractivity contribution >= 4 is 40.5 Å². The van der Waals surface area contributed by atoms with E-state index in [9.17, 15) is 4.79 Å². The molecular formula is C12H8Cl2O2S. The number of hydrogen-bond acceptors (Lipinski definition) is 2. The van der Waals surface area contributed by atoms with Crippen LogP contribution in [0.25, 0.3) is 10.4 Å². The molecule has 0 unspecified atom stereocenters. The molecule has 0 bridgehead atoms. The zero-order valence-electron chi connectivity index (χ0n) is 8.83. The van der Waals surface area contributed by atoms with Crippen LogP contribution in [0, 0.1) is 6.92 Å². The van der Waals surface area contributed by atoms with Gasteiger partial charge < -0.3 is 5.11 Å². The highest BCUT2D eigenvalue weighted by molar-refractivity contribution is 7.17. The molecule has 0 radical (unpaired) electrons. The lowest BCUT2D eigenvalue weighted by Gasteiger charge is -2.03. The first-order valence-corrected chi connectivity index (χ1v) is 6.35. The Bertz CT molecular complexity index is 590. The topological polar surface area (TPSA) is 37.3 Å². The fourth-order valence-electron chi connectivity index (χ4n) is 1.53. The van der Waals surface area contributed by atoms with Crippen LogP contribution in [-0.4, -0.2) is 11.1 Å². The second kappa shape index (κ2) is 4.69. The average Bonchev–Trinajstić information content (AvgIpc) is 2.64. The van der Waals surface area contributed by atoms with Gasteiger partial charge in [-0.3, -0.25) is 0 Å². The molecule has 0 saturated heterocycles. The van der Waals surface area contributed by atoms with Gasteiger partial charge in [-0.05, 0) is 36.8 Å². The predicted octanol–water partition coefficient (Wildman–Crippen LogP) is 4.73. The third-order valence-corrected chi connectivity index (χ3v) is 4.12. The number of carboxylic acid groups (broad SMARTS) is 1. The van der Waals surface area contributed by atoms with Crippen LogP contribution in [0.4, 0.5) is 0 Å². The summed E-state index contributed by atoms with van der Waals surface area (Å²) in [5, 5.41) is 10.1. The van der Waals surface area contributed by atoms with Crippen molar-refractivity contribution < 1.29 is 9.90 Å². The fraction of sp³-hybridized carbons (Fsp3) is 0.0833. The quantitative estimate of drug-likeness (QED) is 0.867. The van der Waals surface area contributed by atoms with Crippen LogP contribution in [0.5, 0.6) is 0 Å². The standard InChI is InChI=1S/C12H8Cl2O2S/c1-6-4-10(12(15)16)17-11(6)8-5-7(13)2-3-9(8)14/h2-5H,1H3,(H,15,16). The minimum Gasteiger partial charge on any atom is -0.477 e. The molecular weight excluding hydrogens is 279 g/mol. The molecule has 0 saturated carbocycles. The highest BCUT2D eigenvalue weighted by Crippen LogP contribution is 2.37. The summed E-state index contributed by atoms with van der Waals surface area (Å²) in [4.78, 5) is 12.0. The third kappa shape index (κ3) is 2.46. The smallest absolute Gasteiger partial charge is 0.345 e. The van der Waals surface area contributed by atoms with Gasteiger partial charge in [0.25, 0.3) is 0 Å². The number of aromatic carboxylic acids is 1. The van der Waals surface area contributed by atoms with Crippen LogP contribution >= 0.6 is 34.5 Å². The largest absolute Gasteiger partial charge is 0.477 e. The van der Waals surface area contributed by atoms with E-state index in [2.05, 4.69) is 0 Å². The van der Waals surface area contributed by atoms with E-state index in [-0.39, 0.29) is 0 Å². The Morgan fingerprint density at radius 3 is 2.59 bits per heavy atom. The second-order valence-electron chi connectivity index (χ2n) is 3.55. The monoisotopic (exact) mass is 286 g/mol. The number of benzene rings is 1. The van der Waals surface area contributed by atoms with Crippen molar-refractivity contribution in [2.24, 2.45) is 0 Å². The molecule has 88 valence electrons. The van der Waals surface area contributed by atoms with Gasteiger partial charge in [-0.25, -0.2) is 4.79 Å². The molecule has 17 heavy (non-hydrogen) atoms. The number of carbonyl (C=O) groups is 1. The molecule has 5 heteroatoms. The van der Waals surface area contributed by atoms with Crippen molar-refractivity contribution in [3.05, 3.63) is 44.8 Å². The summed E-state index contributed by atoms with van der Waals surface area (Å²) >= 11 is 13.2. The molecule has 0 fully saturated rings. The van der Waals surface area contributed by atoms with Crippen molar-refractivity contribution in [1.29, 1.82) is 0 Å². The molecule has 1 aromatic heterocycles. The summed E-state index contributed by atoms with van der Waals surface area (Å²) in [5.74, 6) is -0.928. The van der Waals surface area contributed by atoms with Crippen molar-refractivity contribution in [2.75, 3.05) is 0 Å². The number of hydrogen-bond donors (Lipinski definition) is 1. The molecule has 0 atom stereocenters. The van der Waals surface area contributed by atoms with Crippen LogP contribution < -0.4 is 0 Å². The van der Waals surface area contributed by atoms with Crippen LogP contribution in [0.15, 0.2) is 24.3 Å². The van der Waals surface area contributed by atoms with E-state index in [0.717, 1.165) is 16.0 Å². The second-order valence-corrected chi connectivity index (χ2v) is 5.45. The Kier molecular flexibility index (Phi) is 3.43. The maximum atomic E-state index is 10.9. The van der Waals surface area contributed by atoms with Crippen molar-refractivity contribution in [3.8, 4) is 10.4 Å². The first kappa shape index (κ1) is 12.4. The molecule has 0 aliphatic carbocycles. The molecule has 0 amide bonds. The van der Waals surface area contributed by atoms with Crippen LogP contribution in [0.1, 0.15) is 15.2 Å². The predicted molar refractivity (Wildman–Crippen MR) is 71.5 cm³/mol. The molecule has 0 aliphatic heterocycles. The molecule has 1 heterocycles. The molecule has 1 N–H and O–H groups in total. The van der Waals surface area contributed by atoms with Crippen molar-refractivity contribution in [2.45, 2.75) is 6.92 Å². The maximum absolute atomic E-state index is 10.9. The first-order chi connectivity index (χ1) is 7.99. The van der Waals surface area contributed by atoms with Gasteiger partial charge in [0.1, 0.15) is 4.88 Å². The normalized spacial score (nSPS) is 10.5. The van der Waals surface area contributed by atoms with Crippen LogP contribution in [0.2, 0.25) is 10.0 Å². The van der Waals surface area contributed by atoms with Gasteiger partial charge in [0, 0.05) is 20.5 Å². The maximum Gasteiger partial charge on any atom is 0.345 e. The summed E-state index contributed by atoms with van der Waals surface area (Å²) < 4.78 is 0. The van der Waals surface area contributed by atoms with E-state index in [0.29, 0.717) is 14.9 Å². The fourth-order valence-corrected chi connectivity index (χ4v) is 3.01. The van der Waals surface area contributed by atoms with Gasteiger partial charge in [-0.15, -0.1) is 11.3 Å². The lowest BCUT2D eigenvalue weighted by molar-refractivity contribution is 0.0702. The van der Waals surface area contributed by atoms with Gasteiger partial charge in [0.05, 0.1) is 0 Å². The molecule has 0 spiro atoms. The Morgan fingerprint density at radius 2 is 2.00 bits per heavy atom. The van der Waals surface area contributed by atoms with E-state index < -0.39 is 5.97 Å². The molecule has 0 aliphatic rings. The number of thiophene rings is 1. The van der Waals surface area contributed by atoms with E-state index in [1.165, 1.54) is 11.3 Å². The molecule has 2 rings (SSSR count). The summed E-state index contributed by atoms with van der Waals surface area (Å²) in [6.45, 7) is 1.86. The summed E-state index contributed by atoms with van der Waals surface area (Å²) in [6.07, 6.45) is 0. The van der Waals surface area contributed by atoms with Gasteiger partial charge >= 0.3 is 5.97 Å². The summed E-state index contributed by atoms with van der Waals surface area (Å²) in [6, 6.07) is 6.79. The minimum atomic E-state index is -0.928. The molecule has 1 aromatic carbocycles. The van der Waals surface area contributed by atoms with Gasteiger partial charge in [-0.1, -0.05) is 23.2 Å². The highest BCUT2D eigenvalue weighted by atomic mass is 35.5. The average molecular weight is 287 g/mol. The number of carboxylic acids is 1. The third-order valence-electron chi connectivity index (χ3n) is 2.30. The van der Waals surface area contributed by atoms with Crippen LogP contribution in [-0.2, 0) is 0 Å². The lowest BCUT2D eigenvalue weighted by Crippen LogP contribution is -1.89. The number of rotatable bonds is 2. The lowest BCUT2D eigenvalue weighted by atomic mass is 10.1. The highest BCUT2D eigenvalue weighted by Gasteiger charge is 2.14. The number of halogens is 2. The van der Waals surface area contributed by atoms with E-state index >= 15 is 0 Å². The van der Waals surface area contributed by atoms with Crippen molar-refractivity contribution in [1.82, 2.24) is 0 Å². The Balaban J connectivity index is 2.60. The van der Waals surface area contributed by atoms with Crippen molar-refractivity contribution in [3.63, 3.8) is 0 Å². The molecule has 2 aromatic rings. The van der Waals surface area contributed by atoms with E-state index in [4.69, 9.17) is 28.3 Å². The summed E-state index contributed by atoms with van der Waals surface area (Å²) in [7, 11) is 0. The van der Waals surface area contributed by atoms with Gasteiger partial charge in [0.15, 0.2) is 0 Å². The Hall–Kier alpha value is -1.03.